The number of hydrogen-bond acceptors (Lipinski definition) is 5. The van der Waals surface area contributed by atoms with Crippen molar-refractivity contribution in [2.45, 2.75) is 24.9 Å². The van der Waals surface area contributed by atoms with Crippen molar-refractivity contribution in [3.63, 3.8) is 0 Å². The standard InChI is InChI=1S/C37H32N4O5S/c1-46-37(45)33(19-23-21-39-31-17-9-7-11-25(23)31)40-34(42)28-14-4-2-12-26(28)27-13-3-5-15-29(27)35(47)41-32(36(43)44)18-22-20-38-30-16-8-6-10-24(22)30/h2-17,20-21,32-33,38-39H,18-19H2,1H3,(H,40,42)(H,41,47)(H,43,44)/t32-,33?/m0/s1. The molecule has 2 atom stereocenters. The van der Waals surface area contributed by atoms with Crippen molar-refractivity contribution in [3.8, 4) is 11.1 Å². The Labute approximate surface area is 276 Å². The number of methoxy groups -OCH3 is 1. The molecule has 0 radical (unpaired) electrons. The Kier molecular flexibility index (Phi) is 9.12. The molecule has 9 nitrogen and oxygen atoms in total. The summed E-state index contributed by atoms with van der Waals surface area (Å²) < 4.78 is 5.05. The molecule has 0 aliphatic rings. The van der Waals surface area contributed by atoms with Gasteiger partial charge in [0, 0.05) is 58.2 Å². The Bertz CT molecular complexity index is 2120. The van der Waals surface area contributed by atoms with Gasteiger partial charge in [0.1, 0.15) is 17.1 Å². The van der Waals surface area contributed by atoms with E-state index in [2.05, 4.69) is 20.6 Å². The summed E-state index contributed by atoms with van der Waals surface area (Å²) in [4.78, 5) is 45.7. The lowest BCUT2D eigenvalue weighted by Gasteiger charge is -2.20. The lowest BCUT2D eigenvalue weighted by atomic mass is 9.94. The van der Waals surface area contributed by atoms with Crippen LogP contribution in [-0.2, 0) is 27.2 Å². The fraction of sp³-hybridized carbons (Fsp3) is 0.135. The van der Waals surface area contributed by atoms with Crippen LogP contribution in [0.15, 0.2) is 109 Å². The molecular weight excluding hydrogens is 612 g/mol. The van der Waals surface area contributed by atoms with Gasteiger partial charge in [0.05, 0.1) is 7.11 Å². The van der Waals surface area contributed by atoms with Crippen molar-refractivity contribution in [2.75, 3.05) is 7.11 Å². The minimum atomic E-state index is -1.04. The van der Waals surface area contributed by atoms with E-state index >= 15 is 0 Å². The number of aliphatic carboxylic acids is 1. The van der Waals surface area contributed by atoms with Gasteiger partial charge in [0.25, 0.3) is 5.91 Å². The molecule has 0 fully saturated rings. The normalized spacial score (nSPS) is 12.4. The molecule has 4 aromatic carbocycles. The number of amides is 1. The molecule has 47 heavy (non-hydrogen) atoms. The SMILES string of the molecule is COC(=O)C(Cc1c[nH]c2ccccc12)NC(=O)c1ccccc1-c1ccccc1C(=S)N[C@@H](Cc1c[nH]c2ccccc12)C(=O)O. The second kappa shape index (κ2) is 13.7. The zero-order valence-corrected chi connectivity index (χ0v) is 26.3. The molecule has 0 bridgehead atoms. The molecule has 0 aliphatic heterocycles. The first-order valence-electron chi connectivity index (χ1n) is 15.0. The van der Waals surface area contributed by atoms with Crippen molar-refractivity contribution in [1.82, 2.24) is 20.6 Å². The van der Waals surface area contributed by atoms with Crippen LogP contribution in [0.4, 0.5) is 0 Å². The largest absolute Gasteiger partial charge is 0.480 e. The van der Waals surface area contributed by atoms with Crippen LogP contribution in [0.1, 0.15) is 27.0 Å². The van der Waals surface area contributed by atoms with Crippen LogP contribution in [0.25, 0.3) is 32.9 Å². The number of carbonyl (C=O) groups is 3. The lowest BCUT2D eigenvalue weighted by Crippen LogP contribution is -2.43. The van der Waals surface area contributed by atoms with Gasteiger partial charge in [0.2, 0.25) is 0 Å². The summed E-state index contributed by atoms with van der Waals surface area (Å²) >= 11 is 5.78. The molecule has 5 N–H and O–H groups in total. The zero-order valence-electron chi connectivity index (χ0n) is 25.4. The highest BCUT2D eigenvalue weighted by Crippen LogP contribution is 2.29. The molecule has 0 spiro atoms. The molecule has 0 saturated carbocycles. The maximum absolute atomic E-state index is 13.8. The maximum atomic E-state index is 13.8. The molecule has 0 aliphatic carbocycles. The Morgan fingerprint density at radius 2 is 1.19 bits per heavy atom. The summed E-state index contributed by atoms with van der Waals surface area (Å²) in [6.07, 6.45) is 4.07. The van der Waals surface area contributed by atoms with E-state index in [9.17, 15) is 19.5 Å². The van der Waals surface area contributed by atoms with Gasteiger partial charge in [-0.3, -0.25) is 4.79 Å². The van der Waals surface area contributed by atoms with Gasteiger partial charge in [-0.25, -0.2) is 9.59 Å². The van der Waals surface area contributed by atoms with E-state index in [-0.39, 0.29) is 17.8 Å². The molecule has 2 aromatic heterocycles. The average Bonchev–Trinajstić information content (AvgIpc) is 3.71. The van der Waals surface area contributed by atoms with Crippen molar-refractivity contribution in [1.29, 1.82) is 0 Å². The predicted octanol–water partition coefficient (Wildman–Crippen LogP) is 5.79. The fourth-order valence-electron chi connectivity index (χ4n) is 5.88. The summed E-state index contributed by atoms with van der Waals surface area (Å²) in [7, 11) is 1.29. The van der Waals surface area contributed by atoms with Crippen molar-refractivity contribution in [2.24, 2.45) is 0 Å². The molecule has 0 saturated heterocycles. The highest BCUT2D eigenvalue weighted by molar-refractivity contribution is 7.80. The third-order valence-corrected chi connectivity index (χ3v) is 8.56. The van der Waals surface area contributed by atoms with Crippen molar-refractivity contribution < 1.29 is 24.2 Å². The highest BCUT2D eigenvalue weighted by Gasteiger charge is 2.27. The summed E-state index contributed by atoms with van der Waals surface area (Å²) in [5.74, 6) is -2.08. The van der Waals surface area contributed by atoms with Gasteiger partial charge in [-0.15, -0.1) is 0 Å². The van der Waals surface area contributed by atoms with Crippen LogP contribution in [0.2, 0.25) is 0 Å². The van der Waals surface area contributed by atoms with E-state index < -0.39 is 29.9 Å². The molecule has 1 amide bonds. The van der Waals surface area contributed by atoms with Gasteiger partial charge in [-0.2, -0.15) is 0 Å². The van der Waals surface area contributed by atoms with E-state index in [1.165, 1.54) is 7.11 Å². The second-order valence-electron chi connectivity index (χ2n) is 11.1. The van der Waals surface area contributed by atoms with Crippen LogP contribution in [0.5, 0.6) is 0 Å². The Morgan fingerprint density at radius 1 is 0.702 bits per heavy atom. The summed E-state index contributed by atoms with van der Waals surface area (Å²) in [6.45, 7) is 0. The minimum Gasteiger partial charge on any atom is -0.480 e. The molecule has 6 rings (SSSR count). The first-order chi connectivity index (χ1) is 22.8. The monoisotopic (exact) mass is 644 g/mol. The number of fused-ring (bicyclic) bond motifs is 2. The number of thiocarbonyl (C=S) groups is 1. The summed E-state index contributed by atoms with van der Waals surface area (Å²) in [6, 6.07) is 27.8. The lowest BCUT2D eigenvalue weighted by molar-refractivity contribution is -0.143. The van der Waals surface area contributed by atoms with Crippen LogP contribution in [-0.4, -0.2) is 57.1 Å². The van der Waals surface area contributed by atoms with Crippen LogP contribution in [0.3, 0.4) is 0 Å². The second-order valence-corrected chi connectivity index (χ2v) is 11.5. The number of aromatic amines is 2. The summed E-state index contributed by atoms with van der Waals surface area (Å²) in [5.41, 5.74) is 5.67. The number of nitrogens with one attached hydrogen (secondary N) is 4. The number of benzene rings is 4. The van der Waals surface area contributed by atoms with Crippen molar-refractivity contribution >= 4 is 56.9 Å². The number of para-hydroxylation sites is 2. The van der Waals surface area contributed by atoms with Crippen molar-refractivity contribution in [3.05, 3.63) is 132 Å². The molecule has 1 unspecified atom stereocenters. The number of H-pyrrole nitrogens is 2. The minimum absolute atomic E-state index is 0.200. The van der Waals surface area contributed by atoms with Gasteiger partial charge in [-0.05, 0) is 40.5 Å². The quantitative estimate of drug-likeness (QED) is 0.0890. The number of esters is 1. The molecule has 236 valence electrons. The first-order valence-corrected chi connectivity index (χ1v) is 15.5. The number of rotatable bonds is 11. The van der Waals surface area contributed by atoms with Gasteiger partial charge in [-0.1, -0.05) is 91.1 Å². The van der Waals surface area contributed by atoms with E-state index in [1.54, 1.807) is 36.4 Å². The molecule has 10 heteroatoms. The highest BCUT2D eigenvalue weighted by atomic mass is 32.1. The predicted molar refractivity (Wildman–Crippen MR) is 185 cm³/mol. The van der Waals surface area contributed by atoms with Crippen LogP contribution < -0.4 is 10.6 Å². The van der Waals surface area contributed by atoms with Crippen LogP contribution in [0, 0.1) is 0 Å². The van der Waals surface area contributed by atoms with E-state index in [1.807, 2.05) is 73.1 Å². The van der Waals surface area contributed by atoms with Crippen LogP contribution >= 0.6 is 12.2 Å². The van der Waals surface area contributed by atoms with Gasteiger partial charge in [0.15, 0.2) is 0 Å². The third-order valence-electron chi connectivity index (χ3n) is 8.23. The van der Waals surface area contributed by atoms with E-state index in [0.29, 0.717) is 22.3 Å². The average molecular weight is 645 g/mol. The number of carbonyl (C=O) groups excluding carboxylic acids is 2. The van der Waals surface area contributed by atoms with E-state index in [0.717, 1.165) is 32.9 Å². The van der Waals surface area contributed by atoms with Gasteiger partial charge >= 0.3 is 11.9 Å². The zero-order chi connectivity index (χ0) is 32.9. The van der Waals surface area contributed by atoms with E-state index in [4.69, 9.17) is 17.0 Å². The maximum Gasteiger partial charge on any atom is 0.328 e. The smallest absolute Gasteiger partial charge is 0.328 e. The number of carboxylic acids is 1. The van der Waals surface area contributed by atoms with Gasteiger partial charge < -0.3 is 30.4 Å². The first kappa shape index (κ1) is 31.3. The number of aromatic nitrogens is 2. The third kappa shape index (κ3) is 6.63. The fourth-order valence-corrected chi connectivity index (χ4v) is 6.20. The summed E-state index contributed by atoms with van der Waals surface area (Å²) in [5, 5.41) is 17.9. The Balaban J connectivity index is 1.26. The molecule has 6 aromatic rings. The Hall–Kier alpha value is -5.74. The molecular formula is C37H32N4O5S. The number of hydrogen-bond donors (Lipinski definition) is 5. The Morgan fingerprint density at radius 3 is 1.77 bits per heavy atom. The number of ether oxygens (including phenoxy) is 1. The number of carboxylic acid groups (broad SMARTS) is 1. The topological polar surface area (TPSA) is 136 Å². The molecule has 2 heterocycles.